The number of rotatable bonds is 12. The summed E-state index contributed by atoms with van der Waals surface area (Å²) in [6.45, 7) is 3.57. The zero-order chi connectivity index (χ0) is 31.8. The molecule has 0 bridgehead atoms. The van der Waals surface area contributed by atoms with Crippen LogP contribution in [0.5, 0.6) is 0 Å². The van der Waals surface area contributed by atoms with Gasteiger partial charge in [0.1, 0.15) is 22.8 Å². The number of anilines is 3. The van der Waals surface area contributed by atoms with Crippen molar-refractivity contribution in [2.24, 2.45) is 17.9 Å². The van der Waals surface area contributed by atoms with Gasteiger partial charge in [-0.05, 0) is 13.8 Å². The SMILES string of the molecule is CN(CCN)c1c[n+](CC2=C(C(=O)O)N3C(=O)[C@@H](NC(=O)/C(=N\OC(C)(C)C(=O)O)c4nsc(N)n4)[C@H]3SC2)n(C)c1N. The topological polar surface area (TPSA) is 261 Å². The quantitative estimate of drug-likeness (QED) is 0.0621. The number of carbonyl (C=O) groups excluding carboxylic acids is 2. The van der Waals surface area contributed by atoms with Crippen molar-refractivity contribution in [2.75, 3.05) is 42.3 Å². The Hall–Kier alpha value is -4.43. The Morgan fingerprint density at radius 1 is 1.33 bits per heavy atom. The number of likely N-dealkylation sites (N-methyl/N-ethyl adjacent to an activating group) is 1. The summed E-state index contributed by atoms with van der Waals surface area (Å²) >= 11 is 2.04. The van der Waals surface area contributed by atoms with Crippen molar-refractivity contribution < 1.29 is 38.9 Å². The molecular weight excluding hydrogens is 606 g/mol. The van der Waals surface area contributed by atoms with Gasteiger partial charge in [0.25, 0.3) is 11.8 Å². The molecular formula is C23H32N11O7S2+. The van der Waals surface area contributed by atoms with Crippen molar-refractivity contribution in [1.82, 2.24) is 24.3 Å². The number of β-lactam (4-membered cyclic amide) rings is 1. The minimum atomic E-state index is -1.80. The minimum Gasteiger partial charge on any atom is -0.478 e. The number of aromatic nitrogens is 4. The van der Waals surface area contributed by atoms with E-state index in [1.54, 1.807) is 22.6 Å². The number of thioether (sulfide) groups is 1. The van der Waals surface area contributed by atoms with Crippen LogP contribution in [0.25, 0.3) is 0 Å². The second kappa shape index (κ2) is 12.1. The molecule has 9 N–H and O–H groups in total. The fraction of sp³-hybridized carbons (Fsp3) is 0.478. The highest BCUT2D eigenvalue weighted by molar-refractivity contribution is 8.00. The number of carboxylic acid groups (broad SMARTS) is 2. The maximum atomic E-state index is 13.3. The summed E-state index contributed by atoms with van der Waals surface area (Å²) in [5.74, 6) is -3.76. The summed E-state index contributed by atoms with van der Waals surface area (Å²) in [5.41, 5.74) is 16.3. The summed E-state index contributed by atoms with van der Waals surface area (Å²) in [5, 5.41) is 24.9. The van der Waals surface area contributed by atoms with Crippen LogP contribution in [0.4, 0.5) is 16.6 Å². The Bertz CT molecular complexity index is 1530. The second-order valence-corrected chi connectivity index (χ2v) is 12.0. The van der Waals surface area contributed by atoms with Crippen molar-refractivity contribution in [3.05, 3.63) is 23.3 Å². The highest BCUT2D eigenvalue weighted by Gasteiger charge is 2.55. The number of nitrogens with two attached hydrogens (primary N) is 3. The van der Waals surface area contributed by atoms with Gasteiger partial charge < -0.3 is 42.5 Å². The van der Waals surface area contributed by atoms with E-state index >= 15 is 0 Å². The van der Waals surface area contributed by atoms with Crippen molar-refractivity contribution in [1.29, 1.82) is 0 Å². The van der Waals surface area contributed by atoms with Gasteiger partial charge in [0.05, 0.1) is 7.05 Å². The number of carboxylic acids is 2. The molecule has 43 heavy (non-hydrogen) atoms. The van der Waals surface area contributed by atoms with Gasteiger partial charge in [-0.25, -0.2) is 9.59 Å². The van der Waals surface area contributed by atoms with Crippen molar-refractivity contribution in [3.63, 3.8) is 0 Å². The molecule has 2 aromatic rings. The van der Waals surface area contributed by atoms with E-state index in [9.17, 15) is 29.4 Å². The molecule has 0 radical (unpaired) electrons. The van der Waals surface area contributed by atoms with Crippen LogP contribution in [0.15, 0.2) is 22.6 Å². The molecule has 2 aliphatic rings. The van der Waals surface area contributed by atoms with Crippen molar-refractivity contribution >= 4 is 69.4 Å². The zero-order valence-corrected chi connectivity index (χ0v) is 25.3. The molecule has 0 aliphatic carbocycles. The first-order valence-corrected chi connectivity index (χ1v) is 14.6. The van der Waals surface area contributed by atoms with E-state index < -0.39 is 46.5 Å². The number of hydrogen-bond acceptors (Lipinski definition) is 14. The Morgan fingerprint density at radius 2 is 2.02 bits per heavy atom. The van der Waals surface area contributed by atoms with E-state index in [4.69, 9.17) is 22.0 Å². The van der Waals surface area contributed by atoms with Gasteiger partial charge in [-0.15, -0.1) is 21.1 Å². The molecule has 18 nitrogen and oxygen atoms in total. The number of oxime groups is 1. The van der Waals surface area contributed by atoms with Gasteiger partial charge in [0, 0.05) is 43.0 Å². The van der Waals surface area contributed by atoms with Crippen LogP contribution in [-0.4, -0.2) is 102 Å². The average Bonchev–Trinajstić information content (AvgIpc) is 3.49. The van der Waals surface area contributed by atoms with E-state index in [0.717, 1.165) is 22.1 Å². The molecule has 20 heteroatoms. The lowest BCUT2D eigenvalue weighted by Crippen LogP contribution is -2.71. The normalized spacial score (nSPS) is 18.7. The summed E-state index contributed by atoms with van der Waals surface area (Å²) < 4.78 is 7.36. The van der Waals surface area contributed by atoms with Crippen molar-refractivity contribution in [2.45, 2.75) is 37.4 Å². The molecule has 0 spiro atoms. The lowest BCUT2D eigenvalue weighted by Gasteiger charge is -2.49. The number of amides is 2. The fourth-order valence-corrected chi connectivity index (χ4v) is 6.05. The molecule has 2 aromatic heterocycles. The number of carbonyl (C=O) groups is 4. The van der Waals surface area contributed by atoms with Gasteiger partial charge in [-0.3, -0.25) is 14.5 Å². The van der Waals surface area contributed by atoms with Gasteiger partial charge >= 0.3 is 11.9 Å². The molecule has 2 aliphatic heterocycles. The van der Waals surface area contributed by atoms with Crippen LogP contribution in [0.1, 0.15) is 19.7 Å². The number of hydrogen-bond donors (Lipinski definition) is 6. The van der Waals surface area contributed by atoms with Crippen LogP contribution >= 0.6 is 23.3 Å². The number of aliphatic carboxylic acids is 2. The summed E-state index contributed by atoms with van der Waals surface area (Å²) in [6.07, 6.45) is 1.78. The average molecular weight is 639 g/mol. The number of nitrogens with zero attached hydrogens (tertiary/aromatic N) is 7. The van der Waals surface area contributed by atoms with Gasteiger partial charge in [0.15, 0.2) is 17.5 Å². The molecule has 1 fully saturated rings. The number of nitrogens with one attached hydrogen (secondary N) is 1. The van der Waals surface area contributed by atoms with Crippen LogP contribution < -0.4 is 32.1 Å². The largest absolute Gasteiger partial charge is 0.478 e. The van der Waals surface area contributed by atoms with E-state index in [2.05, 4.69) is 19.8 Å². The molecule has 4 heterocycles. The number of nitrogen functional groups attached to an aromatic ring is 2. The highest BCUT2D eigenvalue weighted by atomic mass is 32.2. The summed E-state index contributed by atoms with van der Waals surface area (Å²) in [7, 11) is 3.58. The molecule has 2 atom stereocenters. The highest BCUT2D eigenvalue weighted by Crippen LogP contribution is 2.40. The predicted octanol–water partition coefficient (Wildman–Crippen LogP) is -2.25. The Labute approximate surface area is 253 Å². The predicted molar refractivity (Wildman–Crippen MR) is 156 cm³/mol. The molecule has 0 aromatic carbocycles. The molecule has 2 amide bonds. The molecule has 232 valence electrons. The van der Waals surface area contributed by atoms with E-state index in [-0.39, 0.29) is 29.0 Å². The first-order valence-electron chi connectivity index (χ1n) is 12.7. The molecule has 1 saturated heterocycles. The van der Waals surface area contributed by atoms with Crippen LogP contribution in [0, 0.1) is 0 Å². The zero-order valence-electron chi connectivity index (χ0n) is 23.7. The second-order valence-electron chi connectivity index (χ2n) is 10.2. The van der Waals surface area contributed by atoms with E-state index in [0.29, 0.717) is 24.5 Å². The lowest BCUT2D eigenvalue weighted by molar-refractivity contribution is -0.765. The Balaban J connectivity index is 1.56. The van der Waals surface area contributed by atoms with E-state index in [1.807, 2.05) is 11.9 Å². The van der Waals surface area contributed by atoms with Gasteiger partial charge in [0.2, 0.25) is 23.3 Å². The maximum Gasteiger partial charge on any atom is 0.352 e. The Kier molecular flexibility index (Phi) is 8.83. The fourth-order valence-electron chi connectivity index (χ4n) is 4.28. The molecule has 0 unspecified atom stereocenters. The third kappa shape index (κ3) is 6.06. The first kappa shape index (κ1) is 31.5. The summed E-state index contributed by atoms with van der Waals surface area (Å²) in [6, 6.07) is -1.11. The van der Waals surface area contributed by atoms with Crippen LogP contribution in [-0.2, 0) is 37.6 Å². The van der Waals surface area contributed by atoms with Crippen LogP contribution in [0.3, 0.4) is 0 Å². The monoisotopic (exact) mass is 638 g/mol. The minimum absolute atomic E-state index is 0.0153. The van der Waals surface area contributed by atoms with Crippen LogP contribution in [0.2, 0.25) is 0 Å². The smallest absolute Gasteiger partial charge is 0.352 e. The lowest BCUT2D eigenvalue weighted by atomic mass is 10.0. The third-order valence-corrected chi connectivity index (χ3v) is 8.66. The molecule has 0 saturated carbocycles. The number of fused-ring (bicyclic) bond motifs is 1. The summed E-state index contributed by atoms with van der Waals surface area (Å²) in [4.78, 5) is 62.3. The first-order chi connectivity index (χ1) is 20.2. The van der Waals surface area contributed by atoms with E-state index in [1.165, 1.54) is 25.6 Å². The van der Waals surface area contributed by atoms with Crippen molar-refractivity contribution in [3.8, 4) is 0 Å². The maximum absolute atomic E-state index is 13.3. The van der Waals surface area contributed by atoms with Gasteiger partial charge in [-0.1, -0.05) is 5.16 Å². The Morgan fingerprint density at radius 3 is 2.60 bits per heavy atom. The van der Waals surface area contributed by atoms with Gasteiger partial charge in [-0.2, -0.15) is 9.36 Å². The molecule has 4 rings (SSSR count). The third-order valence-electron chi connectivity index (χ3n) is 6.78. The standard InChI is InChI=1S/C23H31N11O7S2/c1-23(2,21(39)40)41-29-12(16-28-22(26)43-30-16)17(35)27-13-18(36)34-14(20(37)38)10(9-42-19(13)34)7-33-8-11(15(25)32(33)4)31(3)6-5-24/h8,13,19,25H,5-7,9,24H2,1-4H3,(H5,26,27,28,30,35,37,38,39,40)/p+1/b29-12-/t13-,19-/m1/s1.